The fourth-order valence-corrected chi connectivity index (χ4v) is 2.95. The number of thiophene rings is 1. The van der Waals surface area contributed by atoms with Gasteiger partial charge in [-0.1, -0.05) is 0 Å². The maximum Gasteiger partial charge on any atom is 0.394 e. The molecule has 1 unspecified atom stereocenters. The number of carbonyl (C=O) groups excluding carboxylic acids is 1. The first kappa shape index (κ1) is 16.3. The van der Waals surface area contributed by atoms with Crippen LogP contribution in [-0.4, -0.2) is 34.3 Å². The molecule has 5 nitrogen and oxygen atoms in total. The third kappa shape index (κ3) is 3.41. The van der Waals surface area contributed by atoms with Gasteiger partial charge in [0.2, 0.25) is 0 Å². The van der Waals surface area contributed by atoms with Crippen LogP contribution in [-0.2, 0) is 11.8 Å². The molecule has 0 fully saturated rings. The molecule has 0 bridgehead atoms. The summed E-state index contributed by atoms with van der Waals surface area (Å²) in [6.07, 6.45) is -5.76. The third-order valence-electron chi connectivity index (χ3n) is 3.26. The quantitative estimate of drug-likeness (QED) is 0.883. The van der Waals surface area contributed by atoms with Crippen LogP contribution in [0.1, 0.15) is 16.9 Å². The summed E-state index contributed by atoms with van der Waals surface area (Å²) in [4.78, 5) is 23.3. The molecule has 2 aromatic heterocycles. The van der Waals surface area contributed by atoms with Gasteiger partial charge >= 0.3 is 12.1 Å². The van der Waals surface area contributed by atoms with Crippen molar-refractivity contribution in [2.45, 2.75) is 12.6 Å². The Bertz CT molecular complexity index is 705. The van der Waals surface area contributed by atoms with Gasteiger partial charge < -0.3 is 15.0 Å². The van der Waals surface area contributed by atoms with Crippen molar-refractivity contribution in [1.29, 1.82) is 0 Å². The predicted molar refractivity (Wildman–Crippen MR) is 74.9 cm³/mol. The number of carboxylic acid groups (broad SMARTS) is 1. The largest absolute Gasteiger partial charge is 0.481 e. The molecule has 2 aromatic rings. The van der Waals surface area contributed by atoms with Crippen molar-refractivity contribution in [3.05, 3.63) is 23.2 Å². The van der Waals surface area contributed by atoms with Gasteiger partial charge in [-0.15, -0.1) is 11.3 Å². The Morgan fingerprint density at radius 3 is 2.68 bits per heavy atom. The predicted octanol–water partition coefficient (Wildman–Crippen LogP) is 2.62. The van der Waals surface area contributed by atoms with Crippen LogP contribution in [0, 0.1) is 5.92 Å². The highest BCUT2D eigenvalue weighted by Crippen LogP contribution is 2.28. The number of nitrogens with one attached hydrogen (secondary N) is 1. The van der Waals surface area contributed by atoms with Gasteiger partial charge in [0, 0.05) is 19.0 Å². The zero-order valence-corrected chi connectivity index (χ0v) is 12.3. The molecule has 2 rings (SSSR count). The number of aryl methyl sites for hydroxylation is 1. The van der Waals surface area contributed by atoms with E-state index >= 15 is 0 Å². The lowest BCUT2D eigenvalue weighted by atomic mass is 10.1. The van der Waals surface area contributed by atoms with Gasteiger partial charge in [0.25, 0.3) is 5.91 Å². The molecule has 1 amide bonds. The molecule has 0 saturated carbocycles. The number of alkyl halides is 3. The minimum atomic E-state index is -4.68. The number of aromatic nitrogens is 1. The highest BCUT2D eigenvalue weighted by Gasteiger charge is 2.41. The summed E-state index contributed by atoms with van der Waals surface area (Å²) >= 11 is 1.41. The summed E-state index contributed by atoms with van der Waals surface area (Å²) in [5, 5.41) is 13.4. The number of aliphatic carboxylic acids is 1. The molecule has 9 heteroatoms. The summed E-state index contributed by atoms with van der Waals surface area (Å²) in [7, 11) is 1.65. The number of nitrogens with zero attached hydrogens (tertiary/aromatic N) is 1. The standard InChI is InChI=1S/C13H13F3N2O3S/c1-18-9(4-7-2-3-22-12(7)18)11(21)17-6-8(5-10(19)20)13(14,15)16/h2-4,8H,5-6H2,1H3,(H,17,21)(H,19,20). The highest BCUT2D eigenvalue weighted by molar-refractivity contribution is 7.16. The highest BCUT2D eigenvalue weighted by atomic mass is 32.1. The van der Waals surface area contributed by atoms with Crippen molar-refractivity contribution in [3.8, 4) is 0 Å². The number of carboxylic acids is 1. The van der Waals surface area contributed by atoms with Crippen molar-refractivity contribution < 1.29 is 27.9 Å². The first-order valence-corrected chi connectivity index (χ1v) is 7.17. The summed E-state index contributed by atoms with van der Waals surface area (Å²) in [5.41, 5.74) is 0.234. The van der Waals surface area contributed by atoms with Gasteiger partial charge in [-0.25, -0.2) is 0 Å². The van der Waals surface area contributed by atoms with Crippen LogP contribution in [0.4, 0.5) is 13.2 Å². The molecule has 0 spiro atoms. The van der Waals surface area contributed by atoms with Gasteiger partial charge in [-0.05, 0) is 17.5 Å². The zero-order chi connectivity index (χ0) is 16.5. The number of rotatable bonds is 5. The third-order valence-corrected chi connectivity index (χ3v) is 4.26. The molecular weight excluding hydrogens is 321 g/mol. The molecule has 1 atom stereocenters. The zero-order valence-electron chi connectivity index (χ0n) is 11.5. The van der Waals surface area contributed by atoms with Crippen LogP contribution in [0.25, 0.3) is 10.2 Å². The van der Waals surface area contributed by atoms with E-state index < -0.39 is 36.9 Å². The van der Waals surface area contributed by atoms with Crippen LogP contribution in [0.5, 0.6) is 0 Å². The monoisotopic (exact) mass is 334 g/mol. The number of hydrogen-bond acceptors (Lipinski definition) is 3. The summed E-state index contributed by atoms with van der Waals surface area (Å²) in [6.45, 7) is -0.770. The molecule has 2 heterocycles. The van der Waals surface area contributed by atoms with Crippen molar-refractivity contribution >= 4 is 33.4 Å². The van der Waals surface area contributed by atoms with E-state index in [4.69, 9.17) is 5.11 Å². The van der Waals surface area contributed by atoms with Crippen molar-refractivity contribution in [2.24, 2.45) is 13.0 Å². The number of fused-ring (bicyclic) bond motifs is 1. The van der Waals surface area contributed by atoms with E-state index in [1.807, 2.05) is 5.38 Å². The van der Waals surface area contributed by atoms with Crippen molar-refractivity contribution in [2.75, 3.05) is 6.54 Å². The van der Waals surface area contributed by atoms with E-state index in [1.165, 1.54) is 11.3 Å². The Kier molecular flexibility index (Phi) is 4.45. The first-order chi connectivity index (χ1) is 10.2. The van der Waals surface area contributed by atoms with Gasteiger partial charge in [0.1, 0.15) is 10.5 Å². The van der Waals surface area contributed by atoms with Gasteiger partial charge in [0.15, 0.2) is 0 Å². The molecule has 0 radical (unpaired) electrons. The maximum absolute atomic E-state index is 12.7. The Hall–Kier alpha value is -2.03. The second-order valence-electron chi connectivity index (χ2n) is 4.82. The Balaban J connectivity index is 2.09. The SMILES string of the molecule is Cn1c(C(=O)NCC(CC(=O)O)C(F)(F)F)cc2ccsc21. The van der Waals surface area contributed by atoms with Gasteiger partial charge in [-0.2, -0.15) is 13.2 Å². The number of hydrogen-bond donors (Lipinski definition) is 2. The van der Waals surface area contributed by atoms with E-state index in [0.717, 1.165) is 10.2 Å². The normalized spacial score (nSPS) is 13.3. The summed E-state index contributed by atoms with van der Waals surface area (Å²) in [6, 6.07) is 3.39. The molecule has 0 aliphatic heterocycles. The van der Waals surface area contributed by atoms with E-state index in [2.05, 4.69) is 5.32 Å². The van der Waals surface area contributed by atoms with E-state index in [0.29, 0.717) is 0 Å². The fourth-order valence-electron chi connectivity index (χ4n) is 2.09. The second kappa shape index (κ2) is 5.99. The van der Waals surface area contributed by atoms with Crippen LogP contribution >= 0.6 is 11.3 Å². The minimum absolute atomic E-state index is 0.234. The average molecular weight is 334 g/mol. The number of amides is 1. The Morgan fingerprint density at radius 1 is 1.45 bits per heavy atom. The minimum Gasteiger partial charge on any atom is -0.481 e. The smallest absolute Gasteiger partial charge is 0.394 e. The van der Waals surface area contributed by atoms with Crippen molar-refractivity contribution in [1.82, 2.24) is 9.88 Å². The molecular formula is C13H13F3N2O3S. The van der Waals surface area contributed by atoms with Crippen LogP contribution in [0.15, 0.2) is 17.5 Å². The topological polar surface area (TPSA) is 71.3 Å². The summed E-state index contributed by atoms with van der Waals surface area (Å²) in [5.74, 6) is -4.34. The van der Waals surface area contributed by atoms with Crippen LogP contribution in [0.3, 0.4) is 0 Å². The number of carbonyl (C=O) groups is 2. The molecule has 0 aliphatic rings. The molecule has 0 saturated heterocycles. The lowest BCUT2D eigenvalue weighted by Crippen LogP contribution is -2.38. The lowest BCUT2D eigenvalue weighted by Gasteiger charge is -2.19. The molecule has 0 aliphatic carbocycles. The molecule has 0 aromatic carbocycles. The number of halogens is 3. The van der Waals surface area contributed by atoms with E-state index in [9.17, 15) is 22.8 Å². The molecule has 22 heavy (non-hydrogen) atoms. The van der Waals surface area contributed by atoms with E-state index in [-0.39, 0.29) is 5.69 Å². The van der Waals surface area contributed by atoms with Gasteiger partial charge in [-0.3, -0.25) is 9.59 Å². The van der Waals surface area contributed by atoms with Crippen molar-refractivity contribution in [3.63, 3.8) is 0 Å². The Morgan fingerprint density at radius 2 is 2.14 bits per heavy atom. The van der Waals surface area contributed by atoms with Crippen LogP contribution in [0.2, 0.25) is 0 Å². The summed E-state index contributed by atoms with van der Waals surface area (Å²) < 4.78 is 39.7. The maximum atomic E-state index is 12.7. The Labute approximate surface area is 127 Å². The first-order valence-electron chi connectivity index (χ1n) is 6.29. The average Bonchev–Trinajstić information content (AvgIpc) is 2.96. The van der Waals surface area contributed by atoms with Gasteiger partial charge in [0.05, 0.1) is 12.3 Å². The molecule has 2 N–H and O–H groups in total. The second-order valence-corrected chi connectivity index (χ2v) is 5.71. The molecule has 120 valence electrons. The van der Waals surface area contributed by atoms with E-state index in [1.54, 1.807) is 23.7 Å². The fraction of sp³-hybridized carbons (Fsp3) is 0.385. The lowest BCUT2D eigenvalue weighted by molar-refractivity contribution is -0.181. The van der Waals surface area contributed by atoms with Crippen LogP contribution < -0.4 is 5.32 Å².